The molecule has 2 aromatic carbocycles. The molecule has 0 radical (unpaired) electrons. The van der Waals surface area contributed by atoms with Crippen molar-refractivity contribution < 1.29 is 17.5 Å². The molecule has 25 heavy (non-hydrogen) atoms. The number of para-hydroxylation sites is 1. The lowest BCUT2D eigenvalue weighted by molar-refractivity contribution is 0.357. The van der Waals surface area contributed by atoms with Crippen LogP contribution < -0.4 is 9.04 Å². The minimum Gasteiger partial charge on any atom is -0.493 e. The Balaban J connectivity index is 1.84. The molecule has 0 aromatic heterocycles. The van der Waals surface area contributed by atoms with Crippen molar-refractivity contribution in [2.75, 3.05) is 23.2 Å². The van der Waals surface area contributed by atoms with Crippen LogP contribution in [0.4, 0.5) is 10.1 Å². The van der Waals surface area contributed by atoms with Gasteiger partial charge in [-0.25, -0.2) is 12.8 Å². The van der Waals surface area contributed by atoms with E-state index in [9.17, 15) is 12.8 Å². The number of nitrogens with zero attached hydrogens (tertiary/aromatic N) is 1. The number of ether oxygens (including phenoxy) is 1. The maximum Gasteiger partial charge on any atom is 0.235 e. The average molecular weight is 363 g/mol. The molecule has 0 N–H and O–H groups in total. The van der Waals surface area contributed by atoms with Crippen molar-refractivity contribution in [1.29, 1.82) is 0 Å². The molecule has 0 unspecified atom stereocenters. The van der Waals surface area contributed by atoms with Crippen LogP contribution in [0.2, 0.25) is 0 Å². The highest BCUT2D eigenvalue weighted by Gasteiger charge is 2.24. The second-order valence-electron chi connectivity index (χ2n) is 6.13. The van der Waals surface area contributed by atoms with E-state index in [4.69, 9.17) is 4.74 Å². The molecule has 6 heteroatoms. The monoisotopic (exact) mass is 363 g/mol. The van der Waals surface area contributed by atoms with E-state index < -0.39 is 15.8 Å². The van der Waals surface area contributed by atoms with Gasteiger partial charge < -0.3 is 4.74 Å². The summed E-state index contributed by atoms with van der Waals surface area (Å²) >= 11 is 0. The number of halogens is 1. The zero-order chi connectivity index (χ0) is 17.9. The first-order valence-electron chi connectivity index (χ1n) is 8.51. The maximum atomic E-state index is 14.2. The van der Waals surface area contributed by atoms with Gasteiger partial charge in [0.1, 0.15) is 11.6 Å². The molecule has 0 atom stereocenters. The zero-order valence-corrected chi connectivity index (χ0v) is 15.1. The zero-order valence-electron chi connectivity index (χ0n) is 14.2. The van der Waals surface area contributed by atoms with Crippen molar-refractivity contribution in [3.8, 4) is 5.75 Å². The number of hydrogen-bond donors (Lipinski definition) is 0. The third-order valence-electron chi connectivity index (χ3n) is 4.28. The Labute approximate surface area is 148 Å². The van der Waals surface area contributed by atoms with Gasteiger partial charge in [0, 0.05) is 13.0 Å². The summed E-state index contributed by atoms with van der Waals surface area (Å²) in [4.78, 5) is 0. The highest BCUT2D eigenvalue weighted by atomic mass is 32.2. The van der Waals surface area contributed by atoms with E-state index in [-0.39, 0.29) is 18.0 Å². The van der Waals surface area contributed by atoms with E-state index >= 15 is 0 Å². The first-order valence-corrected chi connectivity index (χ1v) is 10.1. The van der Waals surface area contributed by atoms with Crippen molar-refractivity contribution in [3.63, 3.8) is 0 Å². The van der Waals surface area contributed by atoms with Crippen LogP contribution in [0.15, 0.2) is 42.5 Å². The largest absolute Gasteiger partial charge is 0.493 e. The number of benzene rings is 2. The lowest BCUT2D eigenvalue weighted by Gasteiger charge is -2.25. The van der Waals surface area contributed by atoms with Crippen LogP contribution in [0, 0.1) is 5.82 Å². The van der Waals surface area contributed by atoms with E-state index in [1.54, 1.807) is 19.1 Å². The summed E-state index contributed by atoms with van der Waals surface area (Å²) in [5, 5.41) is 0. The van der Waals surface area contributed by atoms with Gasteiger partial charge in [0.25, 0.3) is 0 Å². The fourth-order valence-corrected chi connectivity index (χ4v) is 4.61. The Morgan fingerprint density at radius 2 is 2.00 bits per heavy atom. The Kier molecular flexibility index (Phi) is 5.27. The Morgan fingerprint density at radius 3 is 2.76 bits per heavy atom. The summed E-state index contributed by atoms with van der Waals surface area (Å²) in [5.74, 6) is 0.372. The molecule has 2 aromatic rings. The van der Waals surface area contributed by atoms with Crippen LogP contribution in [0.1, 0.15) is 24.5 Å². The second kappa shape index (κ2) is 7.44. The van der Waals surface area contributed by atoms with Crippen LogP contribution in [0.5, 0.6) is 5.75 Å². The van der Waals surface area contributed by atoms with Gasteiger partial charge in [-0.2, -0.15) is 0 Å². The van der Waals surface area contributed by atoms with E-state index in [0.717, 1.165) is 23.3 Å². The van der Waals surface area contributed by atoms with Crippen molar-refractivity contribution in [1.82, 2.24) is 0 Å². The highest BCUT2D eigenvalue weighted by Crippen LogP contribution is 2.27. The molecule has 4 nitrogen and oxygen atoms in total. The van der Waals surface area contributed by atoms with Crippen LogP contribution in [0.25, 0.3) is 0 Å². The lowest BCUT2D eigenvalue weighted by atomic mass is 10.1. The Morgan fingerprint density at radius 1 is 1.20 bits per heavy atom. The number of rotatable bonds is 7. The van der Waals surface area contributed by atoms with Gasteiger partial charge in [0.05, 0.1) is 18.0 Å². The van der Waals surface area contributed by atoms with Crippen molar-refractivity contribution >= 4 is 15.7 Å². The van der Waals surface area contributed by atoms with Crippen LogP contribution in [0.3, 0.4) is 0 Å². The summed E-state index contributed by atoms with van der Waals surface area (Å²) in [6.45, 7) is 2.70. The molecule has 3 rings (SSSR count). The topological polar surface area (TPSA) is 46.6 Å². The molecule has 0 saturated carbocycles. The Hall–Kier alpha value is -2.08. The van der Waals surface area contributed by atoms with Crippen LogP contribution in [-0.4, -0.2) is 27.3 Å². The van der Waals surface area contributed by atoms with E-state index in [2.05, 4.69) is 0 Å². The number of anilines is 1. The molecule has 1 heterocycles. The first kappa shape index (κ1) is 17.7. The van der Waals surface area contributed by atoms with E-state index in [0.29, 0.717) is 19.4 Å². The average Bonchev–Trinajstić information content (AvgIpc) is 3.04. The molecule has 1 aliphatic rings. The molecule has 0 saturated heterocycles. The van der Waals surface area contributed by atoms with Gasteiger partial charge in [-0.3, -0.25) is 4.31 Å². The fraction of sp³-hybridized carbons (Fsp3) is 0.368. The van der Waals surface area contributed by atoms with Crippen molar-refractivity contribution in [2.24, 2.45) is 0 Å². The molecule has 0 aliphatic carbocycles. The SMILES string of the molecule is CCCS(=O)(=O)N(CCc1ccc2c(c1)CCO2)c1ccccc1F. The van der Waals surface area contributed by atoms with Gasteiger partial charge in [-0.1, -0.05) is 31.2 Å². The predicted molar refractivity (Wildman–Crippen MR) is 97.2 cm³/mol. The van der Waals surface area contributed by atoms with E-state index in [1.165, 1.54) is 16.4 Å². The number of fused-ring (bicyclic) bond motifs is 1. The normalized spacial score (nSPS) is 13.4. The van der Waals surface area contributed by atoms with Crippen LogP contribution >= 0.6 is 0 Å². The summed E-state index contributed by atoms with van der Waals surface area (Å²) in [6, 6.07) is 11.9. The van der Waals surface area contributed by atoms with Gasteiger partial charge in [0.15, 0.2) is 0 Å². The molecule has 134 valence electrons. The Bertz CT molecular complexity index is 851. The minimum absolute atomic E-state index is 0.000633. The maximum absolute atomic E-state index is 14.2. The standard InChI is InChI=1S/C19H22FNO3S/c1-2-13-25(22,23)21(18-6-4-3-5-17(18)20)11-9-15-7-8-19-16(14-15)10-12-24-19/h3-8,14H,2,9-13H2,1H3. The fourth-order valence-electron chi connectivity index (χ4n) is 3.06. The minimum atomic E-state index is -3.56. The second-order valence-corrected chi connectivity index (χ2v) is 8.14. The van der Waals surface area contributed by atoms with Gasteiger partial charge in [-0.15, -0.1) is 0 Å². The smallest absolute Gasteiger partial charge is 0.235 e. The summed E-state index contributed by atoms with van der Waals surface area (Å²) in [5.41, 5.74) is 2.28. The lowest BCUT2D eigenvalue weighted by Crippen LogP contribution is -2.35. The van der Waals surface area contributed by atoms with Gasteiger partial charge >= 0.3 is 0 Å². The molecular weight excluding hydrogens is 341 g/mol. The first-order chi connectivity index (χ1) is 12.0. The highest BCUT2D eigenvalue weighted by molar-refractivity contribution is 7.92. The third-order valence-corrected chi connectivity index (χ3v) is 6.25. The molecule has 0 fully saturated rings. The van der Waals surface area contributed by atoms with Crippen molar-refractivity contribution in [2.45, 2.75) is 26.2 Å². The summed E-state index contributed by atoms with van der Waals surface area (Å²) < 4.78 is 46.2. The molecule has 0 bridgehead atoms. The van der Waals surface area contributed by atoms with Gasteiger partial charge in [0.2, 0.25) is 10.0 Å². The molecule has 0 spiro atoms. The quantitative estimate of drug-likeness (QED) is 0.756. The molecule has 0 amide bonds. The van der Waals surface area contributed by atoms with Crippen LogP contribution in [-0.2, 0) is 22.9 Å². The number of sulfonamides is 1. The van der Waals surface area contributed by atoms with E-state index in [1.807, 2.05) is 18.2 Å². The molecule has 1 aliphatic heterocycles. The van der Waals surface area contributed by atoms with Gasteiger partial charge in [-0.05, 0) is 42.2 Å². The van der Waals surface area contributed by atoms with Crippen molar-refractivity contribution in [3.05, 3.63) is 59.4 Å². The number of hydrogen-bond acceptors (Lipinski definition) is 3. The summed E-state index contributed by atoms with van der Waals surface area (Å²) in [7, 11) is -3.56. The summed E-state index contributed by atoms with van der Waals surface area (Å²) in [6.07, 6.45) is 1.88. The third kappa shape index (κ3) is 3.95. The predicted octanol–water partition coefficient (Wildman–Crippen LogP) is 3.55. The molecular formula is C19H22FNO3S.